The van der Waals surface area contributed by atoms with Gasteiger partial charge in [0.2, 0.25) is 0 Å². The summed E-state index contributed by atoms with van der Waals surface area (Å²) in [6.07, 6.45) is 3.81. The van der Waals surface area contributed by atoms with Crippen molar-refractivity contribution in [1.82, 2.24) is 15.0 Å². The minimum absolute atomic E-state index is 0.174. The third-order valence-corrected chi connectivity index (χ3v) is 3.18. The Morgan fingerprint density at radius 2 is 1.84 bits per heavy atom. The Balaban J connectivity index is 2.16. The average Bonchev–Trinajstić information content (AvgIpc) is 2.84. The predicted octanol–water partition coefficient (Wildman–Crippen LogP) is 2.46. The molecule has 0 unspecified atom stereocenters. The van der Waals surface area contributed by atoms with Crippen molar-refractivity contribution in [2.24, 2.45) is 5.73 Å². The van der Waals surface area contributed by atoms with Gasteiger partial charge in [-0.1, -0.05) is 38.1 Å². The maximum absolute atomic E-state index is 5.50. The number of benzene rings is 1. The van der Waals surface area contributed by atoms with Crippen molar-refractivity contribution in [1.29, 1.82) is 0 Å². The number of nitrogens with two attached hydrogens (primary N) is 1. The van der Waals surface area contributed by atoms with Crippen molar-refractivity contribution in [3.63, 3.8) is 0 Å². The summed E-state index contributed by atoms with van der Waals surface area (Å²) in [5.41, 5.74) is 9.02. The number of hydrogen-bond donors (Lipinski definition) is 1. The van der Waals surface area contributed by atoms with Crippen molar-refractivity contribution in [2.75, 3.05) is 6.54 Å². The summed E-state index contributed by atoms with van der Waals surface area (Å²) in [5.74, 6) is 0. The molecule has 0 aliphatic heterocycles. The highest BCUT2D eigenvalue weighted by Gasteiger charge is 2.13. The summed E-state index contributed by atoms with van der Waals surface area (Å²) < 4.78 is 1.82. The zero-order valence-electron chi connectivity index (χ0n) is 11.9. The van der Waals surface area contributed by atoms with Crippen LogP contribution in [0.1, 0.15) is 38.4 Å². The summed E-state index contributed by atoms with van der Waals surface area (Å²) in [5, 5.41) is 8.32. The molecule has 0 amide bonds. The first-order valence-corrected chi connectivity index (χ1v) is 6.73. The Morgan fingerprint density at radius 3 is 2.42 bits per heavy atom. The molecule has 4 heteroatoms. The summed E-state index contributed by atoms with van der Waals surface area (Å²) in [4.78, 5) is 0. The molecule has 2 rings (SSSR count). The SMILES string of the molecule is CC(C)(C)c1ccc(-n2cc(CCCN)nn2)cc1. The van der Waals surface area contributed by atoms with Gasteiger partial charge in [-0.15, -0.1) is 5.10 Å². The quantitative estimate of drug-likeness (QED) is 0.916. The maximum atomic E-state index is 5.50. The van der Waals surface area contributed by atoms with Crippen LogP contribution in [0.15, 0.2) is 30.5 Å². The third kappa shape index (κ3) is 3.41. The molecule has 0 saturated heterocycles. The van der Waals surface area contributed by atoms with E-state index in [1.165, 1.54) is 5.56 Å². The van der Waals surface area contributed by atoms with E-state index in [-0.39, 0.29) is 5.41 Å². The van der Waals surface area contributed by atoms with E-state index >= 15 is 0 Å². The minimum atomic E-state index is 0.174. The fraction of sp³-hybridized carbons (Fsp3) is 0.467. The molecule has 102 valence electrons. The van der Waals surface area contributed by atoms with Crippen molar-refractivity contribution in [3.05, 3.63) is 41.7 Å². The molecule has 2 aromatic rings. The van der Waals surface area contributed by atoms with E-state index in [1.807, 2.05) is 10.9 Å². The highest BCUT2D eigenvalue weighted by Crippen LogP contribution is 2.22. The summed E-state index contributed by atoms with van der Waals surface area (Å²) in [6, 6.07) is 8.47. The Morgan fingerprint density at radius 1 is 1.16 bits per heavy atom. The zero-order chi connectivity index (χ0) is 13.9. The second-order valence-electron chi connectivity index (χ2n) is 5.84. The fourth-order valence-electron chi connectivity index (χ4n) is 1.94. The first-order chi connectivity index (χ1) is 9.00. The predicted molar refractivity (Wildman–Crippen MR) is 77.4 cm³/mol. The Bertz CT molecular complexity index is 520. The summed E-state index contributed by atoms with van der Waals surface area (Å²) in [6.45, 7) is 7.32. The van der Waals surface area contributed by atoms with E-state index in [2.05, 4.69) is 55.3 Å². The zero-order valence-corrected chi connectivity index (χ0v) is 11.9. The van der Waals surface area contributed by atoms with E-state index in [9.17, 15) is 0 Å². The van der Waals surface area contributed by atoms with Crippen LogP contribution in [0.2, 0.25) is 0 Å². The lowest BCUT2D eigenvalue weighted by Crippen LogP contribution is -2.10. The van der Waals surface area contributed by atoms with Gasteiger partial charge in [0, 0.05) is 0 Å². The molecule has 1 aromatic heterocycles. The Labute approximate surface area is 114 Å². The standard InChI is InChI=1S/C15H22N4/c1-15(2,3)12-6-8-14(9-7-12)19-11-13(17-18-19)5-4-10-16/h6-9,11H,4-5,10,16H2,1-3H3. The van der Waals surface area contributed by atoms with Gasteiger partial charge in [0.15, 0.2) is 0 Å². The van der Waals surface area contributed by atoms with Gasteiger partial charge in [-0.3, -0.25) is 0 Å². The van der Waals surface area contributed by atoms with Gasteiger partial charge in [-0.05, 0) is 42.5 Å². The highest BCUT2D eigenvalue weighted by atomic mass is 15.4. The van der Waals surface area contributed by atoms with Gasteiger partial charge < -0.3 is 5.73 Å². The van der Waals surface area contributed by atoms with Crippen LogP contribution in [0, 0.1) is 0 Å². The number of aryl methyl sites for hydroxylation is 1. The van der Waals surface area contributed by atoms with Gasteiger partial charge in [-0.25, -0.2) is 4.68 Å². The molecule has 0 saturated carbocycles. The molecule has 0 aliphatic carbocycles. The van der Waals surface area contributed by atoms with E-state index < -0.39 is 0 Å². The molecule has 0 radical (unpaired) electrons. The van der Waals surface area contributed by atoms with Gasteiger partial charge in [0.05, 0.1) is 17.6 Å². The molecular weight excluding hydrogens is 236 g/mol. The van der Waals surface area contributed by atoms with Crippen LogP contribution in [0.4, 0.5) is 0 Å². The number of aromatic nitrogens is 3. The summed E-state index contributed by atoms with van der Waals surface area (Å²) >= 11 is 0. The monoisotopic (exact) mass is 258 g/mol. The fourth-order valence-corrected chi connectivity index (χ4v) is 1.94. The first kappa shape index (κ1) is 13.7. The molecule has 0 aliphatic rings. The molecule has 1 aromatic carbocycles. The van der Waals surface area contributed by atoms with E-state index in [4.69, 9.17) is 5.73 Å². The second kappa shape index (κ2) is 5.53. The van der Waals surface area contributed by atoms with Crippen LogP contribution in [0.5, 0.6) is 0 Å². The van der Waals surface area contributed by atoms with Crippen LogP contribution in [-0.2, 0) is 11.8 Å². The molecular formula is C15H22N4. The van der Waals surface area contributed by atoms with Crippen LogP contribution in [-0.4, -0.2) is 21.5 Å². The lowest BCUT2D eigenvalue weighted by molar-refractivity contribution is 0.590. The van der Waals surface area contributed by atoms with Crippen LogP contribution < -0.4 is 5.73 Å². The van der Waals surface area contributed by atoms with Crippen molar-refractivity contribution in [2.45, 2.75) is 39.0 Å². The second-order valence-corrected chi connectivity index (χ2v) is 5.84. The summed E-state index contributed by atoms with van der Waals surface area (Å²) in [7, 11) is 0. The van der Waals surface area contributed by atoms with Gasteiger partial charge in [0.1, 0.15) is 0 Å². The lowest BCUT2D eigenvalue weighted by atomic mass is 9.87. The average molecular weight is 258 g/mol. The molecule has 1 heterocycles. The third-order valence-electron chi connectivity index (χ3n) is 3.18. The molecule has 0 spiro atoms. The molecule has 19 heavy (non-hydrogen) atoms. The molecule has 4 nitrogen and oxygen atoms in total. The lowest BCUT2D eigenvalue weighted by Gasteiger charge is -2.18. The molecule has 0 atom stereocenters. The molecule has 2 N–H and O–H groups in total. The highest BCUT2D eigenvalue weighted by molar-refractivity contribution is 5.36. The number of hydrogen-bond acceptors (Lipinski definition) is 3. The number of nitrogens with zero attached hydrogens (tertiary/aromatic N) is 3. The van der Waals surface area contributed by atoms with E-state index in [1.54, 1.807) is 0 Å². The van der Waals surface area contributed by atoms with Crippen LogP contribution in [0.3, 0.4) is 0 Å². The Hall–Kier alpha value is -1.68. The number of rotatable bonds is 4. The van der Waals surface area contributed by atoms with Gasteiger partial charge >= 0.3 is 0 Å². The van der Waals surface area contributed by atoms with Crippen molar-refractivity contribution >= 4 is 0 Å². The van der Waals surface area contributed by atoms with E-state index in [0.29, 0.717) is 6.54 Å². The van der Waals surface area contributed by atoms with E-state index in [0.717, 1.165) is 24.2 Å². The largest absolute Gasteiger partial charge is 0.330 e. The smallest absolute Gasteiger partial charge is 0.0832 e. The first-order valence-electron chi connectivity index (χ1n) is 6.73. The van der Waals surface area contributed by atoms with Gasteiger partial charge in [-0.2, -0.15) is 0 Å². The normalized spacial score (nSPS) is 11.8. The minimum Gasteiger partial charge on any atom is -0.330 e. The van der Waals surface area contributed by atoms with Crippen molar-refractivity contribution in [3.8, 4) is 5.69 Å². The van der Waals surface area contributed by atoms with Gasteiger partial charge in [0.25, 0.3) is 0 Å². The van der Waals surface area contributed by atoms with Crippen molar-refractivity contribution < 1.29 is 0 Å². The van der Waals surface area contributed by atoms with Crippen LogP contribution >= 0.6 is 0 Å². The molecule has 0 bridgehead atoms. The van der Waals surface area contributed by atoms with Crippen LogP contribution in [0.25, 0.3) is 5.69 Å². The topological polar surface area (TPSA) is 56.7 Å². The Kier molecular flexibility index (Phi) is 4.00. The molecule has 0 fully saturated rings. The maximum Gasteiger partial charge on any atom is 0.0832 e.